The van der Waals surface area contributed by atoms with Gasteiger partial charge >= 0.3 is 16.4 Å². The molecule has 0 amide bonds. The number of carbonyl (C=O) groups excluding carboxylic acids is 1. The van der Waals surface area contributed by atoms with Gasteiger partial charge in [0.2, 0.25) is 0 Å². The molecule has 3 saturated carbocycles. The van der Waals surface area contributed by atoms with Gasteiger partial charge < -0.3 is 83.5 Å². The zero-order valence-electron chi connectivity index (χ0n) is 41.7. The summed E-state index contributed by atoms with van der Waals surface area (Å²) in [6.07, 6.45) is -18.8. The lowest BCUT2D eigenvalue weighted by molar-refractivity contribution is -0.363. The largest absolute Gasteiger partial charge is 0.461 e. The number of carbonyl (C=O) groups is 1. The summed E-state index contributed by atoms with van der Waals surface area (Å²) in [6, 6.07) is 0. The molecule has 4 aliphatic carbocycles. The summed E-state index contributed by atoms with van der Waals surface area (Å²) in [7, 11) is -5.15. The van der Waals surface area contributed by atoms with E-state index >= 15 is 0 Å². The third-order valence-corrected chi connectivity index (χ3v) is 18.9. The van der Waals surface area contributed by atoms with Gasteiger partial charge in [-0.1, -0.05) is 58.4 Å². The quantitative estimate of drug-likeness (QED) is 0.0713. The van der Waals surface area contributed by atoms with Crippen molar-refractivity contribution in [1.29, 1.82) is 0 Å². The Bertz CT molecular complexity index is 2120. The number of hydrogen-bond donors (Lipinski definition) is 9. The van der Waals surface area contributed by atoms with Crippen LogP contribution < -0.4 is 0 Å². The first-order valence-corrected chi connectivity index (χ1v) is 27.0. The molecule has 0 radical (unpaired) electrons. The molecule has 5 saturated heterocycles. The van der Waals surface area contributed by atoms with Gasteiger partial charge in [-0.3, -0.25) is 4.55 Å². The molecular weight excluding hydrogens is 973 g/mol. The third-order valence-electron chi connectivity index (χ3n) is 18.5. The van der Waals surface area contributed by atoms with E-state index in [0.29, 0.717) is 13.0 Å². The molecule has 9 N–H and O–H groups in total. The topological polar surface area (TPSA) is 326 Å². The molecular formula is C49H76O22S. The van der Waals surface area contributed by atoms with Gasteiger partial charge in [0, 0.05) is 24.2 Å². The second kappa shape index (κ2) is 20.5. The highest BCUT2D eigenvalue weighted by Gasteiger charge is 2.70. The summed E-state index contributed by atoms with van der Waals surface area (Å²) in [5.74, 6) is -1.30. The number of rotatable bonds is 12. The first kappa shape index (κ1) is 55.0. The van der Waals surface area contributed by atoms with Crippen LogP contribution in [0.4, 0.5) is 0 Å². The molecule has 23 heteroatoms. The van der Waals surface area contributed by atoms with Gasteiger partial charge in [0.05, 0.1) is 37.6 Å². The first-order valence-electron chi connectivity index (χ1n) is 25.6. The van der Waals surface area contributed by atoms with Gasteiger partial charge in [-0.25, -0.2) is 8.98 Å². The standard InChI is InChI=1S/C49H76O22S/c1-20(2)34(50)43(58)62-18-30-36(52)39(55)41(57)45(67-30)66-25-14-24-8-9-26-27(11-12-47(6)28(26)16-29-33(47)22(4)49(70-29)13-10-21(3)17-64-49)48(24,7)32(15-25)68-46-42(37(53)31(19-63-46)71-72(59,60)61)69-44-40(56)38(54)35(51)23(5)65-44/h8,20,22-23,25-42,44-46,50-57H,3,9-19H2,1-2,4-7H3,(H,59,60,61)/t22-,23-,25+,26+,27-,28-,29-,30+,31-,32+,33-,34+,35-,36+,37-,38+,39-,40+,41+,42+,44-,45+,46-,47-,48-,49+/m0/s1. The van der Waals surface area contributed by atoms with E-state index in [1.54, 1.807) is 13.8 Å². The smallest absolute Gasteiger partial charge is 0.397 e. The average molecular weight is 1050 g/mol. The first-order chi connectivity index (χ1) is 33.8. The van der Waals surface area contributed by atoms with E-state index in [2.05, 4.69) is 33.4 Å². The summed E-state index contributed by atoms with van der Waals surface area (Å²) < 4.78 is 94.5. The van der Waals surface area contributed by atoms with Crippen LogP contribution in [0.5, 0.6) is 0 Å². The molecule has 26 atom stereocenters. The lowest BCUT2D eigenvalue weighted by Crippen LogP contribution is -2.64. The van der Waals surface area contributed by atoms with Crippen LogP contribution in [0.2, 0.25) is 0 Å². The van der Waals surface area contributed by atoms with Crippen molar-refractivity contribution in [1.82, 2.24) is 0 Å². The van der Waals surface area contributed by atoms with Crippen LogP contribution in [0, 0.1) is 46.3 Å². The third kappa shape index (κ3) is 9.80. The Kier molecular flexibility index (Phi) is 15.7. The number of allylic oxidation sites excluding steroid dienone is 1. The van der Waals surface area contributed by atoms with Gasteiger partial charge in [0.15, 0.2) is 30.8 Å². The summed E-state index contributed by atoms with van der Waals surface area (Å²) in [6.45, 7) is 14.8. The minimum absolute atomic E-state index is 0.00269. The summed E-state index contributed by atoms with van der Waals surface area (Å²) in [5, 5.41) is 87.4. The molecule has 0 bridgehead atoms. The van der Waals surface area contributed by atoms with Crippen molar-refractivity contribution in [2.75, 3.05) is 19.8 Å². The second-order valence-electron chi connectivity index (χ2n) is 22.9. The molecule has 0 aromatic rings. The molecule has 1 spiro atoms. The predicted molar refractivity (Wildman–Crippen MR) is 245 cm³/mol. The van der Waals surface area contributed by atoms with Gasteiger partial charge in [-0.05, 0) is 80.5 Å². The fourth-order valence-electron chi connectivity index (χ4n) is 14.4. The molecule has 9 aliphatic rings. The molecule has 0 aromatic heterocycles. The monoisotopic (exact) mass is 1050 g/mol. The van der Waals surface area contributed by atoms with Crippen LogP contribution >= 0.6 is 0 Å². The minimum Gasteiger partial charge on any atom is -0.461 e. The predicted octanol–water partition coefficient (Wildman–Crippen LogP) is 0.139. The molecule has 410 valence electrons. The molecule has 9 rings (SSSR count). The lowest BCUT2D eigenvalue weighted by atomic mass is 9.46. The zero-order valence-corrected chi connectivity index (χ0v) is 42.5. The maximum absolute atomic E-state index is 12.5. The summed E-state index contributed by atoms with van der Waals surface area (Å²) in [4.78, 5) is 12.5. The fraction of sp³-hybridized carbons (Fsp3) is 0.898. The van der Waals surface area contributed by atoms with E-state index in [-0.39, 0.29) is 47.5 Å². The number of ether oxygens (including phenoxy) is 9. The van der Waals surface area contributed by atoms with Crippen molar-refractivity contribution in [2.24, 2.45) is 46.3 Å². The van der Waals surface area contributed by atoms with Crippen LogP contribution in [-0.4, -0.2) is 196 Å². The van der Waals surface area contributed by atoms with Crippen LogP contribution in [0.15, 0.2) is 23.8 Å². The fourth-order valence-corrected chi connectivity index (χ4v) is 14.9. The minimum atomic E-state index is -5.15. The van der Waals surface area contributed by atoms with Crippen molar-refractivity contribution in [3.63, 3.8) is 0 Å². The summed E-state index contributed by atoms with van der Waals surface area (Å²) in [5.41, 5.74) is 1.14. The van der Waals surface area contributed by atoms with E-state index in [9.17, 15) is 58.6 Å². The molecule has 72 heavy (non-hydrogen) atoms. The molecule has 8 fully saturated rings. The van der Waals surface area contributed by atoms with E-state index in [1.165, 1.54) is 6.92 Å². The SMILES string of the molecule is C=C1CC[C@@]2(OC1)O[C@H]1C[C@H]3[C@@H]4CC=C5C[C@@H](O[C@@H]6O[C@H](COC(=O)[C@H](O)C(C)C)[C@@H](O)[C@H](O)[C@H]6O)C[C@@H](O[C@@H]6OC[C@H](OS(=O)(=O)O)[C@H](O)[C@H]6O[C@@H]6O[C@@H](C)[C@H](O)[C@@H](O)[C@H]6O)[C@]5(C)[C@H]4CC[C@]3(C)[C@H]1[C@@H]2C. The molecule has 5 aliphatic heterocycles. The number of aliphatic hydroxyl groups excluding tert-OH is 8. The highest BCUT2D eigenvalue weighted by atomic mass is 32.3. The van der Waals surface area contributed by atoms with Crippen molar-refractivity contribution < 1.29 is 105 Å². The normalized spacial score (nSPS) is 50.9. The van der Waals surface area contributed by atoms with E-state index in [1.807, 2.05) is 0 Å². The molecule has 0 unspecified atom stereocenters. The number of aliphatic hydroxyl groups is 8. The Labute approximate surface area is 419 Å². The second-order valence-corrected chi connectivity index (χ2v) is 24.0. The van der Waals surface area contributed by atoms with Crippen molar-refractivity contribution in [3.8, 4) is 0 Å². The van der Waals surface area contributed by atoms with E-state index < -0.39 is 151 Å². The number of esters is 1. The Morgan fingerprint density at radius 1 is 0.875 bits per heavy atom. The van der Waals surface area contributed by atoms with Crippen molar-refractivity contribution in [3.05, 3.63) is 23.8 Å². The average Bonchev–Trinajstić information content (AvgIpc) is 3.77. The van der Waals surface area contributed by atoms with Crippen molar-refractivity contribution >= 4 is 16.4 Å². The Morgan fingerprint density at radius 2 is 1.57 bits per heavy atom. The van der Waals surface area contributed by atoms with Gasteiger partial charge in [0.1, 0.15) is 67.6 Å². The highest BCUT2D eigenvalue weighted by Crippen LogP contribution is 2.71. The van der Waals surface area contributed by atoms with Gasteiger partial charge in [0.25, 0.3) is 0 Å². The number of hydrogen-bond acceptors (Lipinski definition) is 21. The molecule has 22 nitrogen and oxygen atoms in total. The molecule has 5 heterocycles. The van der Waals surface area contributed by atoms with Gasteiger partial charge in [-0.2, -0.15) is 8.42 Å². The maximum Gasteiger partial charge on any atom is 0.397 e. The Hall–Kier alpha value is -1.82. The highest BCUT2D eigenvalue weighted by molar-refractivity contribution is 7.80. The summed E-state index contributed by atoms with van der Waals surface area (Å²) >= 11 is 0. The van der Waals surface area contributed by atoms with Gasteiger partial charge in [-0.15, -0.1) is 0 Å². The number of fused-ring (bicyclic) bond motifs is 7. The van der Waals surface area contributed by atoms with Crippen LogP contribution in [-0.2, 0) is 62.0 Å². The van der Waals surface area contributed by atoms with E-state index in [0.717, 1.165) is 49.7 Å². The Balaban J connectivity index is 1.02. The van der Waals surface area contributed by atoms with E-state index in [4.69, 9.17) is 46.8 Å². The zero-order chi connectivity index (χ0) is 52.1. The van der Waals surface area contributed by atoms with Crippen molar-refractivity contribution in [2.45, 2.75) is 209 Å². The van der Waals surface area contributed by atoms with Crippen LogP contribution in [0.25, 0.3) is 0 Å². The molecule has 0 aromatic carbocycles. The van der Waals surface area contributed by atoms with Crippen LogP contribution in [0.1, 0.15) is 92.9 Å². The Morgan fingerprint density at radius 3 is 2.24 bits per heavy atom. The van der Waals surface area contributed by atoms with Crippen LogP contribution in [0.3, 0.4) is 0 Å². The lowest BCUT2D eigenvalue weighted by Gasteiger charge is -2.61. The maximum atomic E-state index is 12.5.